The summed E-state index contributed by atoms with van der Waals surface area (Å²) >= 11 is 0. The minimum Gasteiger partial charge on any atom is -0.476 e. The highest BCUT2D eigenvalue weighted by Gasteiger charge is 2.21. The average molecular weight is 514 g/mol. The molecule has 38 heavy (non-hydrogen) atoms. The summed E-state index contributed by atoms with van der Waals surface area (Å²) in [7, 11) is 2.14. The number of aromatic nitrogens is 5. The molecule has 1 N–H and O–H groups in total. The number of nitrogens with one attached hydrogen (secondary N) is 1. The van der Waals surface area contributed by atoms with E-state index >= 15 is 0 Å². The van der Waals surface area contributed by atoms with Crippen molar-refractivity contribution in [3.63, 3.8) is 0 Å². The molecule has 1 atom stereocenters. The van der Waals surface area contributed by atoms with E-state index in [1.165, 1.54) is 6.42 Å². The maximum absolute atomic E-state index is 13.2. The molecule has 1 saturated heterocycles. The molecule has 1 fully saturated rings. The van der Waals surface area contributed by atoms with Crippen LogP contribution < -0.4 is 20.6 Å². The highest BCUT2D eigenvalue weighted by atomic mass is 16.5. The Kier molecular flexibility index (Phi) is 7.55. The first-order valence-corrected chi connectivity index (χ1v) is 13.3. The number of hydrogen-bond donors (Lipinski definition) is 1. The number of carbonyl (C=O) groups is 1. The Morgan fingerprint density at radius 2 is 2.08 bits per heavy atom. The smallest absolute Gasteiger partial charge is 0.274 e. The van der Waals surface area contributed by atoms with Gasteiger partial charge in [-0.25, -0.2) is 9.97 Å². The van der Waals surface area contributed by atoms with Crippen molar-refractivity contribution in [3.05, 3.63) is 76.4 Å². The van der Waals surface area contributed by atoms with Crippen LogP contribution in [0.4, 0.5) is 0 Å². The number of nitrogens with zero attached hydrogens (tertiary/aromatic N) is 6. The van der Waals surface area contributed by atoms with E-state index in [-0.39, 0.29) is 5.91 Å². The van der Waals surface area contributed by atoms with Crippen LogP contribution in [-0.4, -0.2) is 61.2 Å². The van der Waals surface area contributed by atoms with E-state index in [4.69, 9.17) is 14.8 Å². The highest BCUT2D eigenvalue weighted by molar-refractivity contribution is 5.97. The molecule has 0 aromatic carbocycles. The van der Waals surface area contributed by atoms with Crippen LogP contribution >= 0.6 is 0 Å². The van der Waals surface area contributed by atoms with Crippen molar-refractivity contribution in [1.82, 2.24) is 34.4 Å². The van der Waals surface area contributed by atoms with Gasteiger partial charge in [-0.05, 0) is 57.5 Å². The monoisotopic (exact) mass is 513 g/mol. The largest absolute Gasteiger partial charge is 0.476 e. The number of aryl methyl sites for hydroxylation is 1. The fourth-order valence-electron chi connectivity index (χ4n) is 5.06. The third-order valence-electron chi connectivity index (χ3n) is 7.22. The fourth-order valence-corrected chi connectivity index (χ4v) is 5.06. The number of carbonyl (C=O) groups excluding carboxylic acids is 1. The van der Waals surface area contributed by atoms with Gasteiger partial charge in [-0.3, -0.25) is 13.9 Å². The molecule has 0 saturated carbocycles. The normalized spacial score (nSPS) is 16.7. The number of pyridine rings is 2. The molecule has 0 radical (unpaired) electrons. The number of amides is 1. The van der Waals surface area contributed by atoms with Gasteiger partial charge < -0.3 is 15.0 Å². The van der Waals surface area contributed by atoms with Crippen LogP contribution in [0.3, 0.4) is 0 Å². The SMILES string of the molecule is C=c1/c(=C(\CC)NC(=O)c2cnc3ccccn23)c(CC)nn1Cc1cccc(OCC2CCCN2C)n1. The second-order valence-electron chi connectivity index (χ2n) is 9.69. The molecule has 5 rings (SSSR count). The standard InChI is InChI=1S/C29H35N7O2/c1-5-23(32-29(37)25-17-30-26-13-7-8-16-35(25)26)28-20(3)36(33-24(28)6-2)18-21-11-9-14-27(31-21)38-19-22-12-10-15-34(22)4/h7-9,11,13-14,16-17,22H,3,5-6,10,12,15,18-19H2,1-2,4H3,(H,32,37)/b28-23-. The van der Waals surface area contributed by atoms with E-state index < -0.39 is 0 Å². The summed E-state index contributed by atoms with van der Waals surface area (Å²) in [6.45, 7) is 10.6. The number of ether oxygens (including phenoxy) is 1. The second-order valence-corrected chi connectivity index (χ2v) is 9.69. The van der Waals surface area contributed by atoms with Gasteiger partial charge in [0.25, 0.3) is 5.91 Å². The number of rotatable bonds is 9. The zero-order valence-electron chi connectivity index (χ0n) is 22.4. The van der Waals surface area contributed by atoms with Gasteiger partial charge >= 0.3 is 0 Å². The van der Waals surface area contributed by atoms with Gasteiger partial charge in [-0.15, -0.1) is 0 Å². The molecule has 1 aliphatic heterocycles. The maximum Gasteiger partial charge on any atom is 0.274 e. The number of likely N-dealkylation sites (tertiary alicyclic amines) is 1. The Labute approximate surface area is 222 Å². The molecular weight excluding hydrogens is 478 g/mol. The molecule has 4 aromatic heterocycles. The number of imidazole rings is 1. The first-order chi connectivity index (χ1) is 18.5. The third kappa shape index (κ3) is 5.19. The molecule has 1 unspecified atom stereocenters. The molecule has 9 nitrogen and oxygen atoms in total. The first kappa shape index (κ1) is 25.7. The average Bonchev–Trinajstić information content (AvgIpc) is 3.63. The molecule has 0 spiro atoms. The zero-order valence-corrected chi connectivity index (χ0v) is 22.4. The molecule has 1 aliphatic rings. The van der Waals surface area contributed by atoms with Crippen molar-refractivity contribution in [2.75, 3.05) is 20.2 Å². The Morgan fingerprint density at radius 3 is 2.84 bits per heavy atom. The molecule has 5 heterocycles. The van der Waals surface area contributed by atoms with Crippen LogP contribution in [0.5, 0.6) is 5.88 Å². The first-order valence-electron chi connectivity index (χ1n) is 13.3. The van der Waals surface area contributed by atoms with Crippen molar-refractivity contribution in [2.45, 2.75) is 52.1 Å². The van der Waals surface area contributed by atoms with Gasteiger partial charge in [0.1, 0.15) is 17.9 Å². The van der Waals surface area contributed by atoms with Crippen LogP contribution in [0.25, 0.3) is 17.9 Å². The third-order valence-corrected chi connectivity index (χ3v) is 7.22. The van der Waals surface area contributed by atoms with Crippen molar-refractivity contribution < 1.29 is 9.53 Å². The zero-order chi connectivity index (χ0) is 26.6. The second kappa shape index (κ2) is 11.2. The van der Waals surface area contributed by atoms with Gasteiger partial charge in [0, 0.05) is 29.2 Å². The molecule has 4 aromatic rings. The van der Waals surface area contributed by atoms with Crippen LogP contribution in [-0.2, 0) is 13.0 Å². The summed E-state index contributed by atoms with van der Waals surface area (Å²) < 4.78 is 9.67. The van der Waals surface area contributed by atoms with Crippen molar-refractivity contribution >= 4 is 23.8 Å². The lowest BCUT2D eigenvalue weighted by Crippen LogP contribution is -2.37. The van der Waals surface area contributed by atoms with Crippen LogP contribution in [0.1, 0.15) is 55.0 Å². The minimum atomic E-state index is -0.214. The summed E-state index contributed by atoms with van der Waals surface area (Å²) in [5, 5.41) is 9.58. The molecule has 1 amide bonds. The Morgan fingerprint density at radius 1 is 1.21 bits per heavy atom. The van der Waals surface area contributed by atoms with E-state index in [0.29, 0.717) is 43.6 Å². The van der Waals surface area contributed by atoms with E-state index in [9.17, 15) is 4.79 Å². The molecular formula is C29H35N7O2. The lowest BCUT2D eigenvalue weighted by molar-refractivity contribution is 0.0966. The van der Waals surface area contributed by atoms with Crippen LogP contribution in [0.15, 0.2) is 48.8 Å². The van der Waals surface area contributed by atoms with Crippen molar-refractivity contribution in [2.24, 2.45) is 0 Å². The number of likely N-dealkylation sites (N-methyl/N-ethyl adjacent to an activating group) is 1. The van der Waals surface area contributed by atoms with Gasteiger partial charge in [-0.2, -0.15) is 5.10 Å². The van der Waals surface area contributed by atoms with E-state index in [0.717, 1.165) is 46.3 Å². The van der Waals surface area contributed by atoms with Crippen LogP contribution in [0, 0.1) is 0 Å². The lowest BCUT2D eigenvalue weighted by Gasteiger charge is -2.19. The fraction of sp³-hybridized carbons (Fsp3) is 0.379. The predicted molar refractivity (Wildman–Crippen MR) is 147 cm³/mol. The quantitative estimate of drug-likeness (QED) is 0.370. The Bertz CT molecular complexity index is 1550. The van der Waals surface area contributed by atoms with Crippen LogP contribution in [0.2, 0.25) is 0 Å². The lowest BCUT2D eigenvalue weighted by atomic mass is 10.2. The van der Waals surface area contributed by atoms with Gasteiger partial charge in [0.15, 0.2) is 0 Å². The molecule has 0 bridgehead atoms. The molecule has 0 aliphatic carbocycles. The summed E-state index contributed by atoms with van der Waals surface area (Å²) in [4.78, 5) is 24.6. The number of hydrogen-bond acceptors (Lipinski definition) is 6. The molecule has 9 heteroatoms. The van der Waals surface area contributed by atoms with Gasteiger partial charge in [0.05, 0.1) is 29.5 Å². The topological polar surface area (TPSA) is 89.6 Å². The van der Waals surface area contributed by atoms with E-state index in [1.807, 2.05) is 54.2 Å². The highest BCUT2D eigenvalue weighted by Crippen LogP contribution is 2.17. The molecule has 198 valence electrons. The van der Waals surface area contributed by atoms with Crippen molar-refractivity contribution in [1.29, 1.82) is 0 Å². The number of fused-ring (bicyclic) bond motifs is 1. The van der Waals surface area contributed by atoms with E-state index in [1.54, 1.807) is 10.6 Å². The van der Waals surface area contributed by atoms with Crippen molar-refractivity contribution in [3.8, 4) is 5.88 Å². The maximum atomic E-state index is 13.2. The summed E-state index contributed by atoms with van der Waals surface area (Å²) in [5.74, 6) is 0.409. The predicted octanol–water partition coefficient (Wildman–Crippen LogP) is 2.37. The summed E-state index contributed by atoms with van der Waals surface area (Å²) in [5.41, 5.74) is 3.73. The Balaban J connectivity index is 1.39. The van der Waals surface area contributed by atoms with E-state index in [2.05, 4.69) is 35.8 Å². The Hall–Kier alpha value is -3.98. The summed E-state index contributed by atoms with van der Waals surface area (Å²) in [6, 6.07) is 11.9. The van der Waals surface area contributed by atoms with Gasteiger partial charge in [0.2, 0.25) is 5.88 Å². The minimum absolute atomic E-state index is 0.214. The van der Waals surface area contributed by atoms with Gasteiger partial charge in [-0.1, -0.05) is 32.6 Å². The summed E-state index contributed by atoms with van der Waals surface area (Å²) in [6.07, 6.45) is 7.13.